The largest absolute Gasteiger partial charge is 0.324 e. The standard InChI is InChI=1S/C13H19NO2S/c1-12(2,13(14)8-9-13)10-6-4-5-7-11(10)17(3,15)16/h4-7H,8-9,14H2,1-3H3. The third-order valence-corrected chi connectivity index (χ3v) is 5.15. The van der Waals surface area contributed by atoms with Gasteiger partial charge in [-0.25, -0.2) is 8.42 Å². The Morgan fingerprint density at radius 3 is 2.24 bits per heavy atom. The third kappa shape index (κ3) is 2.00. The number of rotatable bonds is 3. The molecule has 94 valence electrons. The average molecular weight is 253 g/mol. The first-order chi connectivity index (χ1) is 7.68. The van der Waals surface area contributed by atoms with Crippen molar-refractivity contribution in [3.8, 4) is 0 Å². The molecule has 3 nitrogen and oxygen atoms in total. The maximum atomic E-state index is 11.8. The zero-order chi connectivity index (χ0) is 12.9. The minimum absolute atomic E-state index is 0.256. The van der Waals surface area contributed by atoms with Gasteiger partial charge in [-0.05, 0) is 24.5 Å². The van der Waals surface area contributed by atoms with Gasteiger partial charge >= 0.3 is 0 Å². The van der Waals surface area contributed by atoms with Crippen LogP contribution in [-0.4, -0.2) is 20.2 Å². The van der Waals surface area contributed by atoms with Crippen LogP contribution in [-0.2, 0) is 15.3 Å². The summed E-state index contributed by atoms with van der Waals surface area (Å²) in [4.78, 5) is 0.404. The molecule has 1 aromatic carbocycles. The lowest BCUT2D eigenvalue weighted by Gasteiger charge is -2.33. The van der Waals surface area contributed by atoms with E-state index in [-0.39, 0.29) is 11.0 Å². The predicted octanol–water partition coefficient (Wildman–Crippen LogP) is 1.86. The first-order valence-electron chi connectivity index (χ1n) is 5.77. The fourth-order valence-corrected chi connectivity index (χ4v) is 3.38. The second-order valence-corrected chi connectivity index (χ2v) is 7.53. The van der Waals surface area contributed by atoms with Gasteiger partial charge in [0.1, 0.15) is 0 Å². The minimum Gasteiger partial charge on any atom is -0.324 e. The van der Waals surface area contributed by atoms with Crippen molar-refractivity contribution in [1.82, 2.24) is 0 Å². The van der Waals surface area contributed by atoms with E-state index in [0.717, 1.165) is 18.4 Å². The van der Waals surface area contributed by atoms with Crippen LogP contribution in [0.4, 0.5) is 0 Å². The minimum atomic E-state index is -3.20. The molecular formula is C13H19NO2S. The van der Waals surface area contributed by atoms with E-state index in [1.54, 1.807) is 12.1 Å². The van der Waals surface area contributed by atoms with Gasteiger partial charge in [-0.2, -0.15) is 0 Å². The van der Waals surface area contributed by atoms with Crippen molar-refractivity contribution in [3.05, 3.63) is 29.8 Å². The molecule has 1 fully saturated rings. The monoisotopic (exact) mass is 253 g/mol. The number of hydrogen-bond donors (Lipinski definition) is 1. The van der Waals surface area contributed by atoms with E-state index in [2.05, 4.69) is 0 Å². The average Bonchev–Trinajstić information content (AvgIpc) is 2.97. The normalized spacial score (nSPS) is 19.1. The highest BCUT2D eigenvalue weighted by atomic mass is 32.2. The highest BCUT2D eigenvalue weighted by Crippen LogP contribution is 2.50. The second kappa shape index (κ2) is 3.56. The van der Waals surface area contributed by atoms with E-state index in [1.807, 2.05) is 26.0 Å². The molecule has 0 spiro atoms. The molecule has 0 aliphatic heterocycles. The molecule has 0 saturated heterocycles. The van der Waals surface area contributed by atoms with E-state index in [1.165, 1.54) is 6.26 Å². The van der Waals surface area contributed by atoms with Crippen LogP contribution in [0.5, 0.6) is 0 Å². The van der Waals surface area contributed by atoms with Gasteiger partial charge in [0.2, 0.25) is 0 Å². The van der Waals surface area contributed by atoms with Crippen LogP contribution in [0.2, 0.25) is 0 Å². The topological polar surface area (TPSA) is 60.2 Å². The summed E-state index contributed by atoms with van der Waals surface area (Å²) in [7, 11) is -3.20. The molecule has 2 rings (SSSR count). The Morgan fingerprint density at radius 2 is 1.76 bits per heavy atom. The maximum absolute atomic E-state index is 11.8. The lowest BCUT2D eigenvalue weighted by Crippen LogP contribution is -2.44. The summed E-state index contributed by atoms with van der Waals surface area (Å²) >= 11 is 0. The SMILES string of the molecule is CC(C)(c1ccccc1S(C)(=O)=O)C1(N)CC1. The van der Waals surface area contributed by atoms with Crippen molar-refractivity contribution in [2.24, 2.45) is 5.73 Å². The number of benzene rings is 1. The van der Waals surface area contributed by atoms with Gasteiger partial charge in [0.25, 0.3) is 0 Å². The Balaban J connectivity index is 2.61. The van der Waals surface area contributed by atoms with Crippen molar-refractivity contribution >= 4 is 9.84 Å². The van der Waals surface area contributed by atoms with Crippen LogP contribution in [0.15, 0.2) is 29.2 Å². The van der Waals surface area contributed by atoms with Crippen LogP contribution >= 0.6 is 0 Å². The van der Waals surface area contributed by atoms with Gasteiger partial charge in [-0.1, -0.05) is 32.0 Å². The predicted molar refractivity (Wildman–Crippen MR) is 68.7 cm³/mol. The maximum Gasteiger partial charge on any atom is 0.175 e. The quantitative estimate of drug-likeness (QED) is 0.894. The molecule has 17 heavy (non-hydrogen) atoms. The van der Waals surface area contributed by atoms with Crippen LogP contribution in [0.3, 0.4) is 0 Å². The van der Waals surface area contributed by atoms with Gasteiger partial charge in [0.05, 0.1) is 4.90 Å². The Kier molecular flexibility index (Phi) is 2.64. The summed E-state index contributed by atoms with van der Waals surface area (Å²) in [5, 5.41) is 0. The van der Waals surface area contributed by atoms with E-state index < -0.39 is 9.84 Å². The van der Waals surface area contributed by atoms with Crippen LogP contribution in [0, 0.1) is 0 Å². The Bertz CT molecular complexity index is 542. The number of sulfone groups is 1. The summed E-state index contributed by atoms with van der Waals surface area (Å²) in [5.41, 5.74) is 6.54. The van der Waals surface area contributed by atoms with Crippen molar-refractivity contribution < 1.29 is 8.42 Å². The van der Waals surface area contributed by atoms with E-state index in [4.69, 9.17) is 5.73 Å². The molecule has 1 aliphatic carbocycles. The zero-order valence-electron chi connectivity index (χ0n) is 10.5. The van der Waals surface area contributed by atoms with E-state index in [9.17, 15) is 8.42 Å². The van der Waals surface area contributed by atoms with Gasteiger partial charge in [0, 0.05) is 17.2 Å². The zero-order valence-corrected chi connectivity index (χ0v) is 11.3. The lowest BCUT2D eigenvalue weighted by molar-refractivity contribution is 0.384. The van der Waals surface area contributed by atoms with E-state index >= 15 is 0 Å². The summed E-state index contributed by atoms with van der Waals surface area (Å²) in [6.07, 6.45) is 3.16. The lowest BCUT2D eigenvalue weighted by atomic mass is 9.76. The number of nitrogens with two attached hydrogens (primary N) is 1. The van der Waals surface area contributed by atoms with E-state index in [0.29, 0.717) is 4.90 Å². The number of hydrogen-bond acceptors (Lipinski definition) is 3. The van der Waals surface area contributed by atoms with Crippen LogP contribution in [0.1, 0.15) is 32.3 Å². The van der Waals surface area contributed by atoms with Gasteiger partial charge in [-0.15, -0.1) is 0 Å². The summed E-state index contributed by atoms with van der Waals surface area (Å²) in [6, 6.07) is 7.17. The first-order valence-corrected chi connectivity index (χ1v) is 7.66. The molecule has 0 heterocycles. The fourth-order valence-electron chi connectivity index (χ4n) is 2.33. The van der Waals surface area contributed by atoms with Crippen molar-refractivity contribution in [1.29, 1.82) is 0 Å². The van der Waals surface area contributed by atoms with Crippen LogP contribution < -0.4 is 5.73 Å². The molecule has 1 aromatic rings. The Morgan fingerprint density at radius 1 is 1.24 bits per heavy atom. The molecule has 0 atom stereocenters. The highest BCUT2D eigenvalue weighted by molar-refractivity contribution is 7.90. The molecule has 2 N–H and O–H groups in total. The van der Waals surface area contributed by atoms with Gasteiger partial charge in [-0.3, -0.25) is 0 Å². The highest BCUT2D eigenvalue weighted by Gasteiger charge is 2.52. The summed E-state index contributed by atoms with van der Waals surface area (Å²) in [5.74, 6) is 0. The van der Waals surface area contributed by atoms with Crippen molar-refractivity contribution in [3.63, 3.8) is 0 Å². The first kappa shape index (κ1) is 12.6. The van der Waals surface area contributed by atoms with Crippen LogP contribution in [0.25, 0.3) is 0 Å². The summed E-state index contributed by atoms with van der Waals surface area (Å²) < 4.78 is 23.6. The molecule has 0 aromatic heterocycles. The Hall–Kier alpha value is -0.870. The van der Waals surface area contributed by atoms with Gasteiger partial charge < -0.3 is 5.73 Å². The third-order valence-electron chi connectivity index (χ3n) is 3.99. The molecule has 1 saturated carbocycles. The molecule has 0 amide bonds. The molecular weight excluding hydrogens is 234 g/mol. The molecule has 4 heteroatoms. The smallest absolute Gasteiger partial charge is 0.175 e. The van der Waals surface area contributed by atoms with Gasteiger partial charge in [0.15, 0.2) is 9.84 Å². The molecule has 0 radical (unpaired) electrons. The fraction of sp³-hybridized carbons (Fsp3) is 0.538. The molecule has 0 unspecified atom stereocenters. The van der Waals surface area contributed by atoms with Crippen molar-refractivity contribution in [2.75, 3.05) is 6.26 Å². The summed E-state index contributed by atoms with van der Waals surface area (Å²) in [6.45, 7) is 4.06. The van der Waals surface area contributed by atoms with Crippen molar-refractivity contribution in [2.45, 2.75) is 42.5 Å². The molecule has 1 aliphatic rings. The second-order valence-electron chi connectivity index (χ2n) is 5.55. The Labute approximate surface area is 103 Å². The molecule has 0 bridgehead atoms.